The van der Waals surface area contributed by atoms with E-state index in [1.54, 1.807) is 20.0 Å². The minimum absolute atomic E-state index is 0.196. The maximum atomic E-state index is 12.9. The number of aryl methyl sites for hydroxylation is 2. The Morgan fingerprint density at radius 3 is 2.35 bits per heavy atom. The first kappa shape index (κ1) is 14.6. The van der Waals surface area contributed by atoms with Gasteiger partial charge in [0.1, 0.15) is 5.82 Å². The fraction of sp³-hybridized carbons (Fsp3) is 0.231. The van der Waals surface area contributed by atoms with E-state index >= 15 is 0 Å². The van der Waals surface area contributed by atoms with Crippen molar-refractivity contribution in [3.05, 3.63) is 47.0 Å². The summed E-state index contributed by atoms with van der Waals surface area (Å²) in [6.45, 7) is 3.39. The largest absolute Gasteiger partial charge is 0.416 e. The van der Waals surface area contributed by atoms with Gasteiger partial charge in [-0.1, -0.05) is 0 Å². The molecule has 0 radical (unpaired) electrons. The zero-order chi connectivity index (χ0) is 15.1. The van der Waals surface area contributed by atoms with Crippen molar-refractivity contribution < 1.29 is 18.0 Å². The zero-order valence-electron chi connectivity index (χ0n) is 10.6. The molecule has 0 aliphatic carbocycles. The molecule has 0 bridgehead atoms. The van der Waals surface area contributed by atoms with Crippen molar-refractivity contribution in [2.75, 3.05) is 0 Å². The van der Waals surface area contributed by atoms with E-state index in [9.17, 15) is 18.0 Å². The van der Waals surface area contributed by atoms with E-state index < -0.39 is 17.0 Å². The van der Waals surface area contributed by atoms with Gasteiger partial charge < -0.3 is 4.57 Å². The molecule has 20 heavy (non-hydrogen) atoms. The van der Waals surface area contributed by atoms with Crippen molar-refractivity contribution >= 4 is 16.8 Å². The molecular formula is C13H10ClF3N2O. The first-order valence-corrected chi connectivity index (χ1v) is 6.01. The molecule has 0 unspecified atom stereocenters. The van der Waals surface area contributed by atoms with E-state index in [2.05, 4.69) is 4.98 Å². The second-order valence-corrected chi connectivity index (χ2v) is 4.68. The fourth-order valence-electron chi connectivity index (χ4n) is 1.91. The third kappa shape index (κ3) is 2.85. The molecule has 3 nitrogen and oxygen atoms in total. The van der Waals surface area contributed by atoms with Gasteiger partial charge in [0, 0.05) is 17.4 Å². The van der Waals surface area contributed by atoms with Crippen molar-refractivity contribution in [1.29, 1.82) is 0 Å². The molecule has 0 spiro atoms. The van der Waals surface area contributed by atoms with E-state index in [4.69, 9.17) is 11.6 Å². The Hall–Kier alpha value is -1.82. The van der Waals surface area contributed by atoms with Crippen molar-refractivity contribution in [1.82, 2.24) is 9.55 Å². The topological polar surface area (TPSA) is 34.9 Å². The predicted molar refractivity (Wildman–Crippen MR) is 68.2 cm³/mol. The average molecular weight is 303 g/mol. The van der Waals surface area contributed by atoms with Crippen molar-refractivity contribution in [3.63, 3.8) is 0 Å². The molecule has 0 amide bonds. The summed E-state index contributed by atoms with van der Waals surface area (Å²) >= 11 is 5.30. The number of rotatable bonds is 2. The Morgan fingerprint density at radius 1 is 1.25 bits per heavy atom. The minimum atomic E-state index is -4.55. The highest BCUT2D eigenvalue weighted by Gasteiger charge is 2.32. The molecule has 0 atom stereocenters. The number of carbonyl (C=O) groups is 1. The lowest BCUT2D eigenvalue weighted by atomic mass is 10.1. The van der Waals surface area contributed by atoms with E-state index in [0.717, 1.165) is 12.1 Å². The van der Waals surface area contributed by atoms with Gasteiger partial charge in [0.25, 0.3) is 5.24 Å². The fourth-order valence-corrected chi connectivity index (χ4v) is 2.02. The molecule has 1 aromatic carbocycles. The van der Waals surface area contributed by atoms with Crippen LogP contribution in [-0.4, -0.2) is 14.8 Å². The van der Waals surface area contributed by atoms with Crippen LogP contribution in [-0.2, 0) is 6.18 Å². The highest BCUT2D eigenvalue weighted by atomic mass is 35.5. The third-order valence-electron chi connectivity index (χ3n) is 2.75. The average Bonchev–Trinajstić information content (AvgIpc) is 2.66. The smallest absolute Gasteiger partial charge is 0.304 e. The van der Waals surface area contributed by atoms with Gasteiger partial charge in [-0.2, -0.15) is 13.2 Å². The molecule has 2 rings (SSSR count). The van der Waals surface area contributed by atoms with Gasteiger partial charge in [0.05, 0.1) is 11.3 Å². The predicted octanol–water partition coefficient (Wildman–Crippen LogP) is 3.89. The lowest BCUT2D eigenvalue weighted by molar-refractivity contribution is -0.137. The van der Waals surface area contributed by atoms with Crippen LogP contribution in [0.3, 0.4) is 0 Å². The van der Waals surface area contributed by atoms with Crippen LogP contribution in [0.2, 0.25) is 0 Å². The maximum absolute atomic E-state index is 12.9. The van der Waals surface area contributed by atoms with Gasteiger partial charge in [-0.15, -0.1) is 0 Å². The van der Waals surface area contributed by atoms with Crippen LogP contribution in [0.15, 0.2) is 24.4 Å². The Bertz CT molecular complexity index is 677. The summed E-state index contributed by atoms with van der Waals surface area (Å²) in [4.78, 5) is 15.3. The Labute approximate surface area is 118 Å². The normalized spacial score (nSPS) is 11.7. The molecule has 1 heterocycles. The van der Waals surface area contributed by atoms with Gasteiger partial charge in [-0.25, -0.2) is 4.98 Å². The molecule has 0 aliphatic heterocycles. The van der Waals surface area contributed by atoms with E-state index in [1.807, 2.05) is 0 Å². The Morgan fingerprint density at radius 2 is 1.90 bits per heavy atom. The molecule has 0 saturated carbocycles. The summed E-state index contributed by atoms with van der Waals surface area (Å²) < 4.78 is 40.0. The standard InChI is InChI=1S/C13H10ClF3N2O/c1-7-6-19(8(2)18-7)11-4-9(12(14)20)3-10(5-11)13(15,16)17/h3-6H,1-2H3. The van der Waals surface area contributed by atoms with Gasteiger partial charge >= 0.3 is 6.18 Å². The van der Waals surface area contributed by atoms with Crippen LogP contribution in [0.25, 0.3) is 5.69 Å². The molecule has 2 aromatic rings. The van der Waals surface area contributed by atoms with Crippen LogP contribution in [0, 0.1) is 13.8 Å². The highest BCUT2D eigenvalue weighted by molar-refractivity contribution is 6.67. The van der Waals surface area contributed by atoms with E-state index in [0.29, 0.717) is 11.5 Å². The number of halogens is 4. The number of imidazole rings is 1. The van der Waals surface area contributed by atoms with Gasteiger partial charge in [0.2, 0.25) is 0 Å². The van der Waals surface area contributed by atoms with Crippen LogP contribution in [0.1, 0.15) is 27.4 Å². The van der Waals surface area contributed by atoms with Crippen LogP contribution in [0.4, 0.5) is 13.2 Å². The number of hydrogen-bond donors (Lipinski definition) is 0. The van der Waals surface area contributed by atoms with Crippen molar-refractivity contribution in [2.45, 2.75) is 20.0 Å². The monoisotopic (exact) mass is 302 g/mol. The molecule has 0 N–H and O–H groups in total. The van der Waals surface area contributed by atoms with Gasteiger partial charge in [-0.3, -0.25) is 4.79 Å². The van der Waals surface area contributed by atoms with Crippen molar-refractivity contribution in [3.8, 4) is 5.69 Å². The molecule has 7 heteroatoms. The Kier molecular flexibility index (Phi) is 3.60. The third-order valence-corrected chi connectivity index (χ3v) is 2.97. The zero-order valence-corrected chi connectivity index (χ0v) is 11.4. The number of benzene rings is 1. The molecule has 0 aliphatic rings. The number of hydrogen-bond acceptors (Lipinski definition) is 2. The maximum Gasteiger partial charge on any atom is 0.416 e. The molecule has 0 fully saturated rings. The second-order valence-electron chi connectivity index (χ2n) is 4.34. The first-order valence-electron chi connectivity index (χ1n) is 5.63. The molecule has 0 saturated heterocycles. The van der Waals surface area contributed by atoms with Crippen LogP contribution >= 0.6 is 11.6 Å². The summed E-state index contributed by atoms with van der Waals surface area (Å²) in [6.07, 6.45) is -2.96. The lowest BCUT2D eigenvalue weighted by Crippen LogP contribution is -2.09. The number of alkyl halides is 3. The summed E-state index contributed by atoms with van der Waals surface area (Å²) in [7, 11) is 0. The van der Waals surface area contributed by atoms with E-state index in [-0.39, 0.29) is 11.3 Å². The summed E-state index contributed by atoms with van der Waals surface area (Å²) in [5, 5.41) is -0.938. The van der Waals surface area contributed by atoms with Gasteiger partial charge in [0.15, 0.2) is 0 Å². The number of nitrogens with zero attached hydrogens (tertiary/aromatic N) is 2. The summed E-state index contributed by atoms with van der Waals surface area (Å²) in [6, 6.07) is 2.99. The van der Waals surface area contributed by atoms with Gasteiger partial charge in [-0.05, 0) is 43.6 Å². The van der Waals surface area contributed by atoms with Crippen LogP contribution < -0.4 is 0 Å². The van der Waals surface area contributed by atoms with Crippen LogP contribution in [0.5, 0.6) is 0 Å². The Balaban J connectivity index is 2.67. The second kappa shape index (κ2) is 4.94. The SMILES string of the molecule is Cc1cn(-c2cc(C(=O)Cl)cc(C(F)(F)F)c2)c(C)n1. The minimum Gasteiger partial charge on any atom is -0.304 e. The number of carbonyl (C=O) groups excluding carboxylic acids is 1. The van der Waals surface area contributed by atoms with Crippen molar-refractivity contribution in [2.24, 2.45) is 0 Å². The summed E-state index contributed by atoms with van der Waals surface area (Å²) in [5.41, 5.74) is -0.271. The molecular weight excluding hydrogens is 293 g/mol. The lowest BCUT2D eigenvalue weighted by Gasteiger charge is -2.12. The number of aromatic nitrogens is 2. The molecule has 106 valence electrons. The first-order chi connectivity index (χ1) is 9.18. The summed E-state index contributed by atoms with van der Waals surface area (Å²) in [5.74, 6) is 0.523. The molecule has 1 aromatic heterocycles. The quantitative estimate of drug-likeness (QED) is 0.789. The highest BCUT2D eigenvalue weighted by Crippen LogP contribution is 2.32. The van der Waals surface area contributed by atoms with E-state index in [1.165, 1.54) is 10.6 Å².